The van der Waals surface area contributed by atoms with Crippen LogP contribution in [0.3, 0.4) is 0 Å². The van der Waals surface area contributed by atoms with Crippen molar-refractivity contribution in [3.05, 3.63) is 76.4 Å². The van der Waals surface area contributed by atoms with Crippen molar-refractivity contribution in [1.82, 2.24) is 9.78 Å². The van der Waals surface area contributed by atoms with Crippen LogP contribution in [-0.4, -0.2) is 28.6 Å². The van der Waals surface area contributed by atoms with Crippen LogP contribution < -0.4 is 10.1 Å². The Hall–Kier alpha value is -3.12. The summed E-state index contributed by atoms with van der Waals surface area (Å²) >= 11 is 6.21. The Morgan fingerprint density at radius 3 is 2.64 bits per heavy atom. The Morgan fingerprint density at radius 2 is 1.93 bits per heavy atom. The van der Waals surface area contributed by atoms with Gasteiger partial charge in [0.1, 0.15) is 11.6 Å². The lowest BCUT2D eigenvalue weighted by molar-refractivity contribution is -0.115. The Kier molecular flexibility index (Phi) is 6.11. The van der Waals surface area contributed by atoms with E-state index < -0.39 is 0 Å². The van der Waals surface area contributed by atoms with E-state index in [2.05, 4.69) is 10.4 Å². The maximum Gasteiger partial charge on any atom is 0.230 e. The molecule has 3 aromatic rings. The van der Waals surface area contributed by atoms with Crippen molar-refractivity contribution in [2.45, 2.75) is 19.9 Å². The van der Waals surface area contributed by atoms with Crippen molar-refractivity contribution in [1.29, 1.82) is 0 Å². The molecule has 6 nitrogen and oxygen atoms in total. The highest BCUT2D eigenvalue weighted by Crippen LogP contribution is 2.22. The number of hydrogen-bond donors (Lipinski definition) is 1. The average molecular weight is 398 g/mol. The molecule has 2 aromatic carbocycles. The van der Waals surface area contributed by atoms with Gasteiger partial charge in [0, 0.05) is 22.2 Å². The fourth-order valence-electron chi connectivity index (χ4n) is 2.85. The first-order valence-electron chi connectivity index (χ1n) is 8.71. The number of nitrogens with zero attached hydrogens (tertiary/aromatic N) is 2. The van der Waals surface area contributed by atoms with E-state index in [9.17, 15) is 9.59 Å². The van der Waals surface area contributed by atoms with Crippen LogP contribution in [0.2, 0.25) is 5.02 Å². The predicted octanol–water partition coefficient (Wildman–Crippen LogP) is 3.98. The average Bonchev–Trinajstić information content (AvgIpc) is 3.10. The van der Waals surface area contributed by atoms with Crippen molar-refractivity contribution < 1.29 is 14.3 Å². The van der Waals surface area contributed by atoms with Gasteiger partial charge in [-0.15, -0.1) is 0 Å². The van der Waals surface area contributed by atoms with Gasteiger partial charge in [0.15, 0.2) is 5.78 Å². The molecule has 1 heterocycles. The van der Waals surface area contributed by atoms with E-state index in [1.54, 1.807) is 35.1 Å². The number of amides is 1. The molecule has 1 aromatic heterocycles. The fraction of sp³-hybridized carbons (Fsp3) is 0.190. The molecule has 0 saturated heterocycles. The first-order chi connectivity index (χ1) is 13.5. The highest BCUT2D eigenvalue weighted by Gasteiger charge is 2.14. The van der Waals surface area contributed by atoms with Gasteiger partial charge in [0.05, 0.1) is 26.3 Å². The molecule has 1 N–H and O–H groups in total. The monoisotopic (exact) mass is 397 g/mol. The molecule has 0 aliphatic rings. The van der Waals surface area contributed by atoms with Gasteiger partial charge >= 0.3 is 0 Å². The van der Waals surface area contributed by atoms with Gasteiger partial charge in [-0.1, -0.05) is 29.8 Å². The van der Waals surface area contributed by atoms with Crippen molar-refractivity contribution in [2.24, 2.45) is 0 Å². The van der Waals surface area contributed by atoms with Crippen molar-refractivity contribution in [3.8, 4) is 5.75 Å². The van der Waals surface area contributed by atoms with Crippen LogP contribution in [0, 0.1) is 0 Å². The van der Waals surface area contributed by atoms with Crippen LogP contribution in [0.5, 0.6) is 5.75 Å². The number of rotatable bonds is 7. The summed E-state index contributed by atoms with van der Waals surface area (Å²) in [6.45, 7) is 1.92. The Balaban J connectivity index is 1.75. The summed E-state index contributed by atoms with van der Waals surface area (Å²) in [6.07, 6.45) is 1.69. The van der Waals surface area contributed by atoms with E-state index >= 15 is 0 Å². The van der Waals surface area contributed by atoms with Crippen LogP contribution in [0.4, 0.5) is 5.82 Å². The first kappa shape index (κ1) is 19.6. The number of methoxy groups -OCH3 is 1. The highest BCUT2D eigenvalue weighted by atomic mass is 35.5. The number of carbonyl (C=O) groups excluding carboxylic acids is 2. The maximum absolute atomic E-state index is 12.6. The number of hydrogen-bond acceptors (Lipinski definition) is 4. The summed E-state index contributed by atoms with van der Waals surface area (Å²) in [6, 6.07) is 14.3. The summed E-state index contributed by atoms with van der Waals surface area (Å²) in [5.74, 6) is 0.818. The highest BCUT2D eigenvalue weighted by molar-refractivity contribution is 6.31. The van der Waals surface area contributed by atoms with Crippen LogP contribution in [0.1, 0.15) is 28.4 Å². The zero-order chi connectivity index (χ0) is 20.1. The van der Waals surface area contributed by atoms with Gasteiger partial charge in [-0.25, -0.2) is 4.68 Å². The van der Waals surface area contributed by atoms with Crippen LogP contribution in [0.15, 0.2) is 54.7 Å². The quantitative estimate of drug-likeness (QED) is 0.612. The number of ether oxygens (including phenoxy) is 1. The smallest absolute Gasteiger partial charge is 0.230 e. The number of halogens is 1. The zero-order valence-electron chi connectivity index (χ0n) is 15.6. The van der Waals surface area contributed by atoms with Gasteiger partial charge in [0.2, 0.25) is 5.91 Å². The number of benzene rings is 2. The third-order valence-corrected chi connectivity index (χ3v) is 4.67. The van der Waals surface area contributed by atoms with E-state index in [1.165, 1.54) is 14.0 Å². The summed E-state index contributed by atoms with van der Waals surface area (Å²) in [4.78, 5) is 24.2. The summed E-state index contributed by atoms with van der Waals surface area (Å²) in [7, 11) is 1.53. The molecular formula is C21H20ClN3O3. The minimum Gasteiger partial charge on any atom is -0.496 e. The standard InChI is InChI=1S/C21H20ClN3O3/c1-14(26)15-7-8-19(28-2)17(11-15)12-21(27)24-20-9-10-23-25(20)13-16-5-3-4-6-18(16)22/h3-11H,12-13H2,1-2H3,(H,24,27). The second-order valence-electron chi connectivity index (χ2n) is 6.27. The normalized spacial score (nSPS) is 10.5. The van der Waals surface area contributed by atoms with Crippen LogP contribution in [0.25, 0.3) is 0 Å². The predicted molar refractivity (Wildman–Crippen MR) is 108 cm³/mol. The van der Waals surface area contributed by atoms with E-state index in [0.29, 0.717) is 34.3 Å². The number of nitrogens with one attached hydrogen (secondary N) is 1. The maximum atomic E-state index is 12.6. The molecule has 144 valence electrons. The first-order valence-corrected chi connectivity index (χ1v) is 9.08. The summed E-state index contributed by atoms with van der Waals surface area (Å²) < 4.78 is 6.98. The second kappa shape index (κ2) is 8.71. The van der Waals surface area contributed by atoms with Crippen LogP contribution in [-0.2, 0) is 17.8 Å². The molecule has 3 rings (SSSR count). The fourth-order valence-corrected chi connectivity index (χ4v) is 3.04. The third-order valence-electron chi connectivity index (χ3n) is 4.30. The lowest BCUT2D eigenvalue weighted by Gasteiger charge is -2.12. The molecule has 7 heteroatoms. The molecule has 0 aliphatic carbocycles. The zero-order valence-corrected chi connectivity index (χ0v) is 16.4. The molecule has 0 unspecified atom stereocenters. The number of anilines is 1. The molecule has 0 spiro atoms. The lowest BCUT2D eigenvalue weighted by atomic mass is 10.0. The molecule has 0 bridgehead atoms. The van der Waals surface area contributed by atoms with Crippen molar-refractivity contribution in [2.75, 3.05) is 12.4 Å². The van der Waals surface area contributed by atoms with Gasteiger partial charge < -0.3 is 10.1 Å². The minimum absolute atomic E-state index is 0.0675. The second-order valence-corrected chi connectivity index (χ2v) is 6.68. The molecule has 0 atom stereocenters. The minimum atomic E-state index is -0.236. The van der Waals surface area contributed by atoms with E-state index in [4.69, 9.17) is 16.3 Å². The Labute approximate surface area is 168 Å². The van der Waals surface area contributed by atoms with E-state index in [-0.39, 0.29) is 18.1 Å². The molecule has 0 radical (unpaired) electrons. The third kappa shape index (κ3) is 4.58. The summed E-state index contributed by atoms with van der Waals surface area (Å²) in [5.41, 5.74) is 2.08. The van der Waals surface area contributed by atoms with Crippen molar-refractivity contribution >= 4 is 29.1 Å². The molecule has 0 aliphatic heterocycles. The molecule has 0 saturated carbocycles. The SMILES string of the molecule is COc1ccc(C(C)=O)cc1CC(=O)Nc1ccnn1Cc1ccccc1Cl. The van der Waals surface area contributed by atoms with Crippen LogP contribution >= 0.6 is 11.6 Å². The van der Waals surface area contributed by atoms with E-state index in [0.717, 1.165) is 5.56 Å². The topological polar surface area (TPSA) is 73.2 Å². The van der Waals surface area contributed by atoms with Crippen molar-refractivity contribution in [3.63, 3.8) is 0 Å². The summed E-state index contributed by atoms with van der Waals surface area (Å²) in [5, 5.41) is 7.75. The molecular weight excluding hydrogens is 378 g/mol. The number of carbonyl (C=O) groups is 2. The molecule has 28 heavy (non-hydrogen) atoms. The van der Waals surface area contributed by atoms with Gasteiger partial charge in [-0.2, -0.15) is 5.10 Å². The van der Waals surface area contributed by atoms with E-state index in [1.807, 2.05) is 24.3 Å². The van der Waals surface area contributed by atoms with Gasteiger partial charge in [0.25, 0.3) is 0 Å². The largest absolute Gasteiger partial charge is 0.496 e. The Morgan fingerprint density at radius 1 is 1.14 bits per heavy atom. The molecule has 1 amide bonds. The Bertz CT molecular complexity index is 1010. The number of aromatic nitrogens is 2. The number of ketones is 1. The van der Waals surface area contributed by atoms with Gasteiger partial charge in [-0.3, -0.25) is 9.59 Å². The molecule has 0 fully saturated rings. The number of Topliss-reactive ketones (excluding diaryl/α,β-unsaturated/α-hetero) is 1. The van der Waals surface area contributed by atoms with Gasteiger partial charge in [-0.05, 0) is 36.8 Å². The lowest BCUT2D eigenvalue weighted by Crippen LogP contribution is -2.18.